The van der Waals surface area contributed by atoms with Crippen LogP contribution in [0.4, 0.5) is 5.69 Å². The summed E-state index contributed by atoms with van der Waals surface area (Å²) in [6.45, 7) is 14.5. The van der Waals surface area contributed by atoms with Crippen LogP contribution in [0.5, 0.6) is 5.88 Å². The Balaban J connectivity index is 1.54. The lowest BCUT2D eigenvalue weighted by atomic mass is 10.1. The zero-order valence-electron chi connectivity index (χ0n) is 16.9. The van der Waals surface area contributed by atoms with Crippen molar-refractivity contribution in [2.24, 2.45) is 4.99 Å². The summed E-state index contributed by atoms with van der Waals surface area (Å²) in [5.74, 6) is 0.405. The van der Waals surface area contributed by atoms with Crippen molar-refractivity contribution in [1.29, 1.82) is 0 Å². The molecule has 1 saturated heterocycles. The predicted octanol–water partition coefficient (Wildman–Crippen LogP) is 2.82. The van der Waals surface area contributed by atoms with E-state index in [2.05, 4.69) is 31.7 Å². The maximum Gasteiger partial charge on any atom is 0.265 e. The molecule has 7 nitrogen and oxygen atoms in total. The van der Waals surface area contributed by atoms with Crippen LogP contribution in [0.1, 0.15) is 32.8 Å². The van der Waals surface area contributed by atoms with E-state index in [0.29, 0.717) is 18.0 Å². The number of ether oxygens (including phenoxy) is 1. The van der Waals surface area contributed by atoms with Gasteiger partial charge in [-0.05, 0) is 31.9 Å². The van der Waals surface area contributed by atoms with E-state index in [4.69, 9.17) is 4.74 Å². The number of nitrogens with zero attached hydrogens (tertiary/aromatic N) is 4. The molecule has 1 fully saturated rings. The Hall–Kier alpha value is -2.67. The van der Waals surface area contributed by atoms with Gasteiger partial charge in [0.15, 0.2) is 6.10 Å². The molecule has 3 rings (SSSR count). The van der Waals surface area contributed by atoms with E-state index in [1.165, 1.54) is 0 Å². The van der Waals surface area contributed by atoms with Gasteiger partial charge in [0, 0.05) is 56.5 Å². The van der Waals surface area contributed by atoms with E-state index >= 15 is 0 Å². The SMILES string of the molecule is C=C(C=N/C(C)=C\C)N1CCN(Cc2cnc3c(c2)NC(=O)C(CC)O3)CC1. The number of nitrogens with one attached hydrogen (secondary N) is 1. The van der Waals surface area contributed by atoms with Crippen LogP contribution in [0.15, 0.2) is 41.3 Å². The minimum atomic E-state index is -0.452. The molecule has 3 heterocycles. The Morgan fingerprint density at radius 2 is 2.18 bits per heavy atom. The van der Waals surface area contributed by atoms with Crippen LogP contribution in [-0.4, -0.2) is 59.2 Å². The molecule has 28 heavy (non-hydrogen) atoms. The fraction of sp³-hybridized carbons (Fsp3) is 0.476. The molecule has 0 radical (unpaired) electrons. The summed E-state index contributed by atoms with van der Waals surface area (Å²) in [5.41, 5.74) is 3.66. The van der Waals surface area contributed by atoms with Crippen LogP contribution >= 0.6 is 0 Å². The number of pyridine rings is 1. The molecule has 150 valence electrons. The lowest BCUT2D eigenvalue weighted by Crippen LogP contribution is -2.45. The summed E-state index contributed by atoms with van der Waals surface area (Å²) in [6, 6.07) is 1.96. The van der Waals surface area contributed by atoms with Crippen molar-refractivity contribution in [2.75, 3.05) is 31.5 Å². The van der Waals surface area contributed by atoms with Gasteiger partial charge in [0.25, 0.3) is 5.91 Å². The third-order valence-electron chi connectivity index (χ3n) is 5.10. The van der Waals surface area contributed by atoms with Crippen molar-refractivity contribution >= 4 is 17.8 Å². The van der Waals surface area contributed by atoms with Crippen LogP contribution in [0.25, 0.3) is 0 Å². The predicted molar refractivity (Wildman–Crippen MR) is 111 cm³/mol. The Morgan fingerprint density at radius 3 is 2.86 bits per heavy atom. The fourth-order valence-corrected chi connectivity index (χ4v) is 3.22. The molecule has 2 aliphatic rings. The van der Waals surface area contributed by atoms with Crippen LogP contribution in [0.2, 0.25) is 0 Å². The third-order valence-corrected chi connectivity index (χ3v) is 5.10. The quantitative estimate of drug-likeness (QED) is 0.765. The molecular formula is C21H29N5O2. The molecule has 0 spiro atoms. The number of carbonyl (C=O) groups excluding carboxylic acids is 1. The average molecular weight is 383 g/mol. The number of hydrogen-bond donors (Lipinski definition) is 1. The fourth-order valence-electron chi connectivity index (χ4n) is 3.22. The Morgan fingerprint density at radius 1 is 1.43 bits per heavy atom. The zero-order chi connectivity index (χ0) is 20.1. The van der Waals surface area contributed by atoms with Crippen molar-refractivity contribution in [2.45, 2.75) is 39.8 Å². The monoisotopic (exact) mass is 383 g/mol. The van der Waals surface area contributed by atoms with Crippen molar-refractivity contribution in [3.8, 4) is 5.88 Å². The molecule has 1 aromatic heterocycles. The Bertz CT molecular complexity index is 794. The molecule has 0 saturated carbocycles. The van der Waals surface area contributed by atoms with Gasteiger partial charge in [0.2, 0.25) is 5.88 Å². The highest BCUT2D eigenvalue weighted by molar-refractivity contribution is 5.97. The summed E-state index contributed by atoms with van der Waals surface area (Å²) < 4.78 is 5.66. The summed E-state index contributed by atoms with van der Waals surface area (Å²) in [7, 11) is 0. The van der Waals surface area contributed by atoms with Gasteiger partial charge in [-0.3, -0.25) is 14.7 Å². The molecule has 7 heteroatoms. The number of aromatic nitrogens is 1. The third kappa shape index (κ3) is 4.78. The second-order valence-electron chi connectivity index (χ2n) is 7.14. The van der Waals surface area contributed by atoms with Gasteiger partial charge in [-0.2, -0.15) is 0 Å². The number of anilines is 1. The van der Waals surface area contributed by atoms with Gasteiger partial charge < -0.3 is 15.0 Å². The number of carbonyl (C=O) groups is 1. The van der Waals surface area contributed by atoms with Crippen molar-refractivity contribution in [3.05, 3.63) is 41.9 Å². The van der Waals surface area contributed by atoms with E-state index in [-0.39, 0.29) is 5.91 Å². The zero-order valence-corrected chi connectivity index (χ0v) is 16.9. The highest BCUT2D eigenvalue weighted by atomic mass is 16.5. The van der Waals surface area contributed by atoms with Crippen LogP contribution in [-0.2, 0) is 11.3 Å². The summed E-state index contributed by atoms with van der Waals surface area (Å²) >= 11 is 0. The minimum Gasteiger partial charge on any atom is -0.463 e. The highest BCUT2D eigenvalue weighted by Crippen LogP contribution is 2.29. The number of rotatable bonds is 6. The topological polar surface area (TPSA) is 70.1 Å². The second-order valence-corrected chi connectivity index (χ2v) is 7.14. The number of piperazine rings is 1. The molecule has 1 amide bonds. The van der Waals surface area contributed by atoms with Gasteiger partial charge in [0.05, 0.1) is 0 Å². The van der Waals surface area contributed by atoms with E-state index in [1.807, 2.05) is 45.3 Å². The second kappa shape index (κ2) is 9.01. The molecule has 1 N–H and O–H groups in total. The first-order chi connectivity index (χ1) is 13.5. The molecule has 2 aliphatic heterocycles. The van der Waals surface area contributed by atoms with Crippen molar-refractivity contribution < 1.29 is 9.53 Å². The van der Waals surface area contributed by atoms with Crippen LogP contribution in [0.3, 0.4) is 0 Å². The van der Waals surface area contributed by atoms with E-state index in [9.17, 15) is 4.79 Å². The minimum absolute atomic E-state index is 0.101. The van der Waals surface area contributed by atoms with Gasteiger partial charge in [-0.15, -0.1) is 0 Å². The molecule has 1 aromatic rings. The average Bonchev–Trinajstić information content (AvgIpc) is 2.71. The number of allylic oxidation sites excluding steroid dienone is 3. The lowest BCUT2D eigenvalue weighted by molar-refractivity contribution is -0.123. The first-order valence-electron chi connectivity index (χ1n) is 9.79. The smallest absolute Gasteiger partial charge is 0.265 e. The molecule has 0 aromatic carbocycles. The standard InChI is InChI=1S/C21H29N5O2/c1-5-15(3)22-12-16(4)26-9-7-25(8-10-26)14-17-11-18-21(23-13-17)28-19(6-2)20(27)24-18/h5,11-13,19H,4,6-10,14H2,1-3H3,(H,24,27)/b15-5-,22-12?. The number of aliphatic imine (C=N–C) groups is 1. The Kier molecular flexibility index (Phi) is 6.46. The molecule has 1 atom stereocenters. The van der Waals surface area contributed by atoms with Gasteiger partial charge in [-0.1, -0.05) is 19.6 Å². The maximum absolute atomic E-state index is 12.0. The molecule has 0 bridgehead atoms. The number of hydrogen-bond acceptors (Lipinski definition) is 6. The highest BCUT2D eigenvalue weighted by Gasteiger charge is 2.27. The first kappa shape index (κ1) is 20.1. The summed E-state index contributed by atoms with van der Waals surface area (Å²) in [5, 5.41) is 2.90. The van der Waals surface area contributed by atoms with E-state index in [1.54, 1.807) is 0 Å². The summed E-state index contributed by atoms with van der Waals surface area (Å²) in [6.07, 6.45) is 5.83. The van der Waals surface area contributed by atoms with Crippen LogP contribution < -0.4 is 10.1 Å². The van der Waals surface area contributed by atoms with Gasteiger partial charge in [0.1, 0.15) is 5.69 Å². The lowest BCUT2D eigenvalue weighted by Gasteiger charge is -2.36. The maximum atomic E-state index is 12.0. The van der Waals surface area contributed by atoms with Crippen LogP contribution in [0, 0.1) is 0 Å². The molecule has 1 unspecified atom stereocenters. The van der Waals surface area contributed by atoms with Gasteiger partial charge >= 0.3 is 0 Å². The summed E-state index contributed by atoms with van der Waals surface area (Å²) in [4.78, 5) is 25.4. The normalized spacial score (nSPS) is 20.7. The molecule has 0 aliphatic carbocycles. The number of fused-ring (bicyclic) bond motifs is 1. The largest absolute Gasteiger partial charge is 0.463 e. The number of amides is 1. The first-order valence-corrected chi connectivity index (χ1v) is 9.79. The van der Waals surface area contributed by atoms with E-state index < -0.39 is 6.10 Å². The van der Waals surface area contributed by atoms with E-state index in [0.717, 1.165) is 49.7 Å². The van der Waals surface area contributed by atoms with Gasteiger partial charge in [-0.25, -0.2) is 4.98 Å². The Labute approximate surface area is 166 Å². The molecular weight excluding hydrogens is 354 g/mol. The van der Waals surface area contributed by atoms with Crippen molar-refractivity contribution in [3.63, 3.8) is 0 Å². The van der Waals surface area contributed by atoms with Crippen molar-refractivity contribution in [1.82, 2.24) is 14.8 Å².